The van der Waals surface area contributed by atoms with Crippen LogP contribution >= 0.6 is 0 Å². The molecule has 1 aliphatic heterocycles. The number of pyridine rings is 1. The van der Waals surface area contributed by atoms with Gasteiger partial charge in [-0.1, -0.05) is 12.1 Å². The summed E-state index contributed by atoms with van der Waals surface area (Å²) in [6.45, 7) is 1.81. The summed E-state index contributed by atoms with van der Waals surface area (Å²) < 4.78 is 39.0. The predicted molar refractivity (Wildman–Crippen MR) is 85.1 cm³/mol. The van der Waals surface area contributed by atoms with Crippen LogP contribution in [0.1, 0.15) is 28.9 Å². The Kier molecular flexibility index (Phi) is 4.42. The van der Waals surface area contributed by atoms with Crippen LogP contribution in [0.25, 0.3) is 0 Å². The van der Waals surface area contributed by atoms with Crippen molar-refractivity contribution in [3.05, 3.63) is 53.9 Å². The first kappa shape index (κ1) is 16.3. The van der Waals surface area contributed by atoms with Crippen LogP contribution in [0.4, 0.5) is 24.5 Å². The second kappa shape index (κ2) is 6.51. The number of hydrogen-bond acceptors (Lipinski definition) is 3. The van der Waals surface area contributed by atoms with Crippen LogP contribution in [0, 0.1) is 0 Å². The highest BCUT2D eigenvalue weighted by atomic mass is 19.4. The van der Waals surface area contributed by atoms with Crippen molar-refractivity contribution in [2.24, 2.45) is 0 Å². The third-order valence-corrected chi connectivity index (χ3v) is 3.93. The van der Waals surface area contributed by atoms with Crippen molar-refractivity contribution in [3.8, 4) is 0 Å². The summed E-state index contributed by atoms with van der Waals surface area (Å²) in [5.74, 6) is -0.659. The maximum atomic E-state index is 13.0. The highest BCUT2D eigenvalue weighted by Gasteiger charge is 2.33. The van der Waals surface area contributed by atoms with Gasteiger partial charge in [0.15, 0.2) is 0 Å². The van der Waals surface area contributed by atoms with Gasteiger partial charge in [-0.2, -0.15) is 13.2 Å². The number of alkyl halides is 3. The van der Waals surface area contributed by atoms with E-state index in [0.717, 1.165) is 37.7 Å². The fraction of sp³-hybridized carbons (Fsp3) is 0.294. The number of anilines is 2. The van der Waals surface area contributed by atoms with E-state index in [1.165, 1.54) is 24.4 Å². The highest BCUT2D eigenvalue weighted by Crippen LogP contribution is 2.34. The van der Waals surface area contributed by atoms with Gasteiger partial charge in [-0.15, -0.1) is 0 Å². The summed E-state index contributed by atoms with van der Waals surface area (Å²) in [6, 6.07) is 8.29. The molecule has 4 nitrogen and oxygen atoms in total. The van der Waals surface area contributed by atoms with E-state index < -0.39 is 17.6 Å². The van der Waals surface area contributed by atoms with Crippen molar-refractivity contribution in [3.63, 3.8) is 0 Å². The van der Waals surface area contributed by atoms with Gasteiger partial charge in [-0.25, -0.2) is 0 Å². The Morgan fingerprint density at radius 3 is 2.54 bits per heavy atom. The zero-order valence-electron chi connectivity index (χ0n) is 12.8. The summed E-state index contributed by atoms with van der Waals surface area (Å²) in [6.07, 6.45) is -0.863. The number of nitrogens with zero attached hydrogens (tertiary/aromatic N) is 2. The van der Waals surface area contributed by atoms with E-state index in [1.807, 2.05) is 0 Å². The van der Waals surface area contributed by atoms with Crippen LogP contribution in [-0.4, -0.2) is 24.0 Å². The second-order valence-electron chi connectivity index (χ2n) is 5.59. The normalized spacial score (nSPS) is 14.7. The Morgan fingerprint density at radius 2 is 1.83 bits per heavy atom. The molecule has 0 spiro atoms. The van der Waals surface area contributed by atoms with E-state index >= 15 is 0 Å². The molecule has 1 saturated heterocycles. The van der Waals surface area contributed by atoms with Gasteiger partial charge in [-0.05, 0) is 37.1 Å². The van der Waals surface area contributed by atoms with Crippen molar-refractivity contribution in [1.82, 2.24) is 4.98 Å². The number of amides is 1. The van der Waals surface area contributed by atoms with Gasteiger partial charge in [0.2, 0.25) is 0 Å². The monoisotopic (exact) mass is 335 g/mol. The van der Waals surface area contributed by atoms with Crippen LogP contribution in [0.2, 0.25) is 0 Å². The predicted octanol–water partition coefficient (Wildman–Crippen LogP) is 3.95. The van der Waals surface area contributed by atoms with Gasteiger partial charge in [0.05, 0.1) is 11.3 Å². The van der Waals surface area contributed by atoms with Crippen molar-refractivity contribution >= 4 is 17.3 Å². The van der Waals surface area contributed by atoms with Gasteiger partial charge in [-0.3, -0.25) is 9.78 Å². The first-order valence-electron chi connectivity index (χ1n) is 7.64. The number of rotatable bonds is 3. The van der Waals surface area contributed by atoms with Crippen LogP contribution in [-0.2, 0) is 6.18 Å². The van der Waals surface area contributed by atoms with Gasteiger partial charge in [0, 0.05) is 25.0 Å². The highest BCUT2D eigenvalue weighted by molar-refractivity contribution is 6.03. The lowest BCUT2D eigenvalue weighted by molar-refractivity contribution is -0.136. The van der Waals surface area contributed by atoms with E-state index in [1.54, 1.807) is 12.1 Å². The quantitative estimate of drug-likeness (QED) is 0.924. The first-order chi connectivity index (χ1) is 11.4. The number of hydrogen-bond donors (Lipinski definition) is 1. The Bertz CT molecular complexity index is 740. The average molecular weight is 335 g/mol. The van der Waals surface area contributed by atoms with E-state index in [0.29, 0.717) is 0 Å². The summed E-state index contributed by atoms with van der Waals surface area (Å²) >= 11 is 0. The molecule has 0 radical (unpaired) electrons. The molecule has 2 aromatic rings. The minimum absolute atomic E-state index is 0.0939. The number of benzene rings is 1. The van der Waals surface area contributed by atoms with Crippen LogP contribution < -0.4 is 10.2 Å². The minimum Gasteiger partial charge on any atom is -0.371 e. The maximum Gasteiger partial charge on any atom is 0.418 e. The molecule has 0 unspecified atom stereocenters. The lowest BCUT2D eigenvalue weighted by Crippen LogP contribution is -2.20. The van der Waals surface area contributed by atoms with Gasteiger partial charge >= 0.3 is 6.18 Å². The molecule has 3 rings (SSSR count). The van der Waals surface area contributed by atoms with Crippen molar-refractivity contribution in [2.45, 2.75) is 19.0 Å². The molecule has 1 aliphatic rings. The molecule has 1 aromatic carbocycles. The molecular weight excluding hydrogens is 319 g/mol. The molecule has 1 fully saturated rings. The Labute approximate surface area is 137 Å². The molecule has 126 valence electrons. The fourth-order valence-electron chi connectivity index (χ4n) is 2.74. The zero-order valence-corrected chi connectivity index (χ0v) is 12.8. The molecule has 0 atom stereocenters. The Morgan fingerprint density at radius 1 is 1.12 bits per heavy atom. The molecule has 0 saturated carbocycles. The van der Waals surface area contributed by atoms with Gasteiger partial charge < -0.3 is 10.2 Å². The maximum absolute atomic E-state index is 13.0. The van der Waals surface area contributed by atoms with E-state index in [4.69, 9.17) is 0 Å². The fourth-order valence-corrected chi connectivity index (χ4v) is 2.74. The molecule has 1 N–H and O–H groups in total. The van der Waals surface area contributed by atoms with Crippen LogP contribution in [0.3, 0.4) is 0 Å². The largest absolute Gasteiger partial charge is 0.418 e. The third kappa shape index (κ3) is 3.50. The topological polar surface area (TPSA) is 45.2 Å². The Hall–Kier alpha value is -2.57. The van der Waals surface area contributed by atoms with Gasteiger partial charge in [0.25, 0.3) is 5.91 Å². The summed E-state index contributed by atoms with van der Waals surface area (Å²) in [5, 5.41) is 2.31. The van der Waals surface area contributed by atoms with Crippen LogP contribution in [0.5, 0.6) is 0 Å². The number of carbonyl (C=O) groups excluding carboxylic acids is 1. The standard InChI is InChI=1S/C17H16F3N3O/c18-17(19,20)13-5-1-2-6-14(13)22-16(24)15-11-12(7-8-21-15)23-9-3-4-10-23/h1-2,5-8,11H,3-4,9-10H2,(H,22,24). The molecule has 1 amide bonds. The number of nitrogens with one attached hydrogen (secondary N) is 1. The number of aromatic nitrogens is 1. The van der Waals surface area contributed by atoms with E-state index in [9.17, 15) is 18.0 Å². The lowest BCUT2D eigenvalue weighted by atomic mass is 10.1. The zero-order chi connectivity index (χ0) is 17.2. The molecule has 24 heavy (non-hydrogen) atoms. The van der Waals surface area contributed by atoms with Crippen LogP contribution in [0.15, 0.2) is 42.6 Å². The smallest absolute Gasteiger partial charge is 0.371 e. The number of halogens is 3. The summed E-state index contributed by atoms with van der Waals surface area (Å²) in [5.41, 5.74) is -0.203. The lowest BCUT2D eigenvalue weighted by Gasteiger charge is -2.18. The minimum atomic E-state index is -4.53. The third-order valence-electron chi connectivity index (χ3n) is 3.93. The molecule has 0 bridgehead atoms. The molecule has 7 heteroatoms. The van der Waals surface area contributed by atoms with Crippen molar-refractivity contribution < 1.29 is 18.0 Å². The SMILES string of the molecule is O=C(Nc1ccccc1C(F)(F)F)c1cc(N2CCCC2)ccn1. The molecule has 2 heterocycles. The molecule has 1 aromatic heterocycles. The average Bonchev–Trinajstić information content (AvgIpc) is 3.09. The summed E-state index contributed by atoms with van der Waals surface area (Å²) in [7, 11) is 0. The Balaban J connectivity index is 1.82. The van der Waals surface area contributed by atoms with E-state index in [2.05, 4.69) is 15.2 Å². The first-order valence-corrected chi connectivity index (χ1v) is 7.64. The van der Waals surface area contributed by atoms with Crippen molar-refractivity contribution in [2.75, 3.05) is 23.3 Å². The van der Waals surface area contributed by atoms with E-state index in [-0.39, 0.29) is 11.4 Å². The number of carbonyl (C=O) groups is 1. The van der Waals surface area contributed by atoms with Crippen molar-refractivity contribution in [1.29, 1.82) is 0 Å². The number of para-hydroxylation sites is 1. The summed E-state index contributed by atoms with van der Waals surface area (Å²) in [4.78, 5) is 18.4. The molecule has 0 aliphatic carbocycles. The molecular formula is C17H16F3N3O. The van der Waals surface area contributed by atoms with Gasteiger partial charge in [0.1, 0.15) is 5.69 Å². The second-order valence-corrected chi connectivity index (χ2v) is 5.59.